The van der Waals surface area contributed by atoms with Gasteiger partial charge >= 0.3 is 12.1 Å². The van der Waals surface area contributed by atoms with Crippen LogP contribution in [0.5, 0.6) is 0 Å². The van der Waals surface area contributed by atoms with Gasteiger partial charge in [-0.25, -0.2) is 14.8 Å². The van der Waals surface area contributed by atoms with Crippen molar-refractivity contribution in [3.63, 3.8) is 0 Å². The summed E-state index contributed by atoms with van der Waals surface area (Å²) >= 11 is 0. The van der Waals surface area contributed by atoms with Gasteiger partial charge in [0.15, 0.2) is 0 Å². The molecule has 116 valence electrons. The number of amides is 1. The first-order valence-corrected chi connectivity index (χ1v) is 6.09. The fourth-order valence-electron chi connectivity index (χ4n) is 1.50. The van der Waals surface area contributed by atoms with Crippen LogP contribution in [0.15, 0.2) is 12.4 Å². The minimum atomic E-state index is -4.70. The molecule has 0 aliphatic heterocycles. The van der Waals surface area contributed by atoms with E-state index in [0.717, 1.165) is 0 Å². The van der Waals surface area contributed by atoms with Crippen molar-refractivity contribution in [2.45, 2.75) is 32.5 Å². The van der Waals surface area contributed by atoms with Crippen LogP contribution < -0.4 is 5.32 Å². The monoisotopic (exact) mass is 305 g/mol. The molecule has 0 fully saturated rings. The number of aromatic nitrogens is 2. The lowest BCUT2D eigenvalue weighted by atomic mass is 9.99. The largest absolute Gasteiger partial charge is 0.480 e. The first-order chi connectivity index (χ1) is 9.66. The number of alkyl halides is 3. The van der Waals surface area contributed by atoms with Gasteiger partial charge in [0.2, 0.25) is 5.82 Å². The Morgan fingerprint density at radius 3 is 2.24 bits per heavy atom. The van der Waals surface area contributed by atoms with Crippen LogP contribution in [0.2, 0.25) is 0 Å². The fraction of sp³-hybridized carbons (Fsp3) is 0.500. The molecule has 9 heteroatoms. The van der Waals surface area contributed by atoms with Crippen LogP contribution in [0.3, 0.4) is 0 Å². The molecule has 0 spiro atoms. The zero-order chi connectivity index (χ0) is 16.2. The molecule has 6 nitrogen and oxygen atoms in total. The van der Waals surface area contributed by atoms with Crippen LogP contribution in [-0.4, -0.2) is 33.0 Å². The van der Waals surface area contributed by atoms with Gasteiger partial charge < -0.3 is 10.4 Å². The van der Waals surface area contributed by atoms with Crippen molar-refractivity contribution in [3.8, 4) is 0 Å². The van der Waals surface area contributed by atoms with Crippen LogP contribution in [0.25, 0.3) is 0 Å². The van der Waals surface area contributed by atoms with Gasteiger partial charge in [-0.2, -0.15) is 13.2 Å². The molecule has 1 rings (SSSR count). The number of carboxylic acids is 1. The predicted molar refractivity (Wildman–Crippen MR) is 65.4 cm³/mol. The third kappa shape index (κ3) is 4.40. The van der Waals surface area contributed by atoms with Crippen molar-refractivity contribution < 1.29 is 27.9 Å². The average molecular weight is 305 g/mol. The molecule has 0 radical (unpaired) electrons. The molecule has 21 heavy (non-hydrogen) atoms. The lowest BCUT2D eigenvalue weighted by Crippen LogP contribution is -2.45. The van der Waals surface area contributed by atoms with E-state index in [1.165, 1.54) is 0 Å². The summed E-state index contributed by atoms with van der Waals surface area (Å²) in [5.74, 6) is -3.75. The normalized spacial score (nSPS) is 14.3. The van der Waals surface area contributed by atoms with E-state index >= 15 is 0 Å². The van der Waals surface area contributed by atoms with E-state index in [4.69, 9.17) is 5.11 Å². The molecule has 0 saturated carbocycles. The molecule has 2 N–H and O–H groups in total. The van der Waals surface area contributed by atoms with Crippen LogP contribution in [0.4, 0.5) is 13.2 Å². The Morgan fingerprint density at radius 1 is 1.33 bits per heavy atom. The molecule has 0 aliphatic carbocycles. The summed E-state index contributed by atoms with van der Waals surface area (Å²) in [7, 11) is 0. The van der Waals surface area contributed by atoms with E-state index in [2.05, 4.69) is 15.3 Å². The molecular formula is C12H14F3N3O3. The zero-order valence-electron chi connectivity index (χ0n) is 11.3. The highest BCUT2D eigenvalue weighted by Gasteiger charge is 2.34. The van der Waals surface area contributed by atoms with Crippen molar-refractivity contribution in [1.29, 1.82) is 0 Å². The van der Waals surface area contributed by atoms with Crippen molar-refractivity contribution in [2.24, 2.45) is 5.92 Å². The quantitative estimate of drug-likeness (QED) is 0.864. The van der Waals surface area contributed by atoms with Crippen molar-refractivity contribution >= 4 is 11.9 Å². The van der Waals surface area contributed by atoms with Crippen LogP contribution >= 0.6 is 0 Å². The third-order valence-electron chi connectivity index (χ3n) is 2.93. The summed E-state index contributed by atoms with van der Waals surface area (Å²) < 4.78 is 36.9. The molecule has 0 aliphatic rings. The van der Waals surface area contributed by atoms with E-state index in [0.29, 0.717) is 18.8 Å². The molecule has 1 heterocycles. The molecule has 2 unspecified atom stereocenters. The van der Waals surface area contributed by atoms with Gasteiger partial charge in [-0.1, -0.05) is 20.3 Å². The number of carbonyl (C=O) groups excluding carboxylic acids is 1. The molecule has 2 atom stereocenters. The van der Waals surface area contributed by atoms with Crippen molar-refractivity contribution in [3.05, 3.63) is 23.8 Å². The van der Waals surface area contributed by atoms with Crippen LogP contribution in [-0.2, 0) is 11.0 Å². The number of rotatable bonds is 5. The first kappa shape index (κ1) is 16.9. The van der Waals surface area contributed by atoms with Crippen molar-refractivity contribution in [1.82, 2.24) is 15.3 Å². The van der Waals surface area contributed by atoms with E-state index in [1.807, 2.05) is 0 Å². The highest BCUT2D eigenvalue weighted by molar-refractivity contribution is 5.96. The number of halogens is 3. The van der Waals surface area contributed by atoms with Gasteiger partial charge in [0.25, 0.3) is 5.91 Å². The number of carboxylic acid groups (broad SMARTS) is 1. The van der Waals surface area contributed by atoms with Crippen LogP contribution in [0.1, 0.15) is 36.5 Å². The minimum Gasteiger partial charge on any atom is -0.480 e. The zero-order valence-corrected chi connectivity index (χ0v) is 11.3. The van der Waals surface area contributed by atoms with E-state index in [9.17, 15) is 22.8 Å². The number of aliphatic carboxylic acids is 1. The molecule has 1 amide bonds. The summed E-state index contributed by atoms with van der Waals surface area (Å²) in [5.41, 5.74) is -0.238. The van der Waals surface area contributed by atoms with Gasteiger partial charge in [0, 0.05) is 12.4 Å². The first-order valence-electron chi connectivity index (χ1n) is 6.09. The Kier molecular flexibility index (Phi) is 5.23. The summed E-state index contributed by atoms with van der Waals surface area (Å²) in [6, 6.07) is -1.13. The maximum absolute atomic E-state index is 12.3. The van der Waals surface area contributed by atoms with Crippen LogP contribution in [0, 0.1) is 5.92 Å². The summed E-state index contributed by atoms with van der Waals surface area (Å²) in [5, 5.41) is 11.3. The Balaban J connectivity index is 2.86. The second kappa shape index (κ2) is 6.51. The highest BCUT2D eigenvalue weighted by Crippen LogP contribution is 2.25. The third-order valence-corrected chi connectivity index (χ3v) is 2.93. The van der Waals surface area contributed by atoms with E-state index < -0.39 is 29.9 Å². The van der Waals surface area contributed by atoms with Gasteiger partial charge in [-0.15, -0.1) is 0 Å². The fourth-order valence-corrected chi connectivity index (χ4v) is 1.50. The predicted octanol–water partition coefficient (Wildman–Crippen LogP) is 1.72. The molecular weight excluding hydrogens is 291 g/mol. The van der Waals surface area contributed by atoms with Crippen molar-refractivity contribution in [2.75, 3.05) is 0 Å². The van der Waals surface area contributed by atoms with Gasteiger partial charge in [-0.3, -0.25) is 4.79 Å². The Hall–Kier alpha value is -2.19. The summed E-state index contributed by atoms with van der Waals surface area (Å²) in [4.78, 5) is 29.0. The van der Waals surface area contributed by atoms with Gasteiger partial charge in [0.05, 0.1) is 5.56 Å². The maximum Gasteiger partial charge on any atom is 0.451 e. The molecule has 0 saturated heterocycles. The average Bonchev–Trinajstić information content (AvgIpc) is 2.42. The number of nitrogens with one attached hydrogen (secondary N) is 1. The van der Waals surface area contributed by atoms with Gasteiger partial charge in [-0.05, 0) is 5.92 Å². The second-order valence-electron chi connectivity index (χ2n) is 4.47. The molecule has 0 aromatic carbocycles. The van der Waals surface area contributed by atoms with E-state index in [1.54, 1.807) is 13.8 Å². The summed E-state index contributed by atoms with van der Waals surface area (Å²) in [6.07, 6.45) is -2.77. The Morgan fingerprint density at radius 2 is 1.86 bits per heavy atom. The minimum absolute atomic E-state index is 0.238. The standard InChI is InChI=1S/C12H14F3N3O3/c1-3-6(2)8(10(20)21)18-9(19)7-4-16-11(17-5-7)12(13,14)15/h4-6,8H,3H2,1-2H3,(H,18,19)(H,20,21). The smallest absolute Gasteiger partial charge is 0.451 e. The lowest BCUT2D eigenvalue weighted by Gasteiger charge is -2.20. The lowest BCUT2D eigenvalue weighted by molar-refractivity contribution is -0.145. The molecule has 0 bridgehead atoms. The second-order valence-corrected chi connectivity index (χ2v) is 4.47. The SMILES string of the molecule is CCC(C)C(NC(=O)c1cnc(C(F)(F)F)nc1)C(=O)O. The topological polar surface area (TPSA) is 92.2 Å². The number of nitrogens with zero attached hydrogens (tertiary/aromatic N) is 2. The maximum atomic E-state index is 12.3. The number of hydrogen-bond donors (Lipinski definition) is 2. The Bertz CT molecular complexity index is 517. The molecule has 1 aromatic rings. The molecule has 1 aromatic heterocycles. The number of hydrogen-bond acceptors (Lipinski definition) is 4. The van der Waals surface area contributed by atoms with E-state index in [-0.39, 0.29) is 11.5 Å². The number of carbonyl (C=O) groups is 2. The highest BCUT2D eigenvalue weighted by atomic mass is 19.4. The summed E-state index contributed by atoms with van der Waals surface area (Å²) in [6.45, 7) is 3.40. The van der Waals surface area contributed by atoms with Gasteiger partial charge in [0.1, 0.15) is 6.04 Å². The Labute approximate surface area is 118 Å².